The summed E-state index contributed by atoms with van der Waals surface area (Å²) in [6.07, 6.45) is 4.00. The van der Waals surface area contributed by atoms with Crippen LogP contribution in [0, 0.1) is 9.49 Å². The number of nitrogens with zero attached hydrogens (tertiary/aromatic N) is 2. The van der Waals surface area contributed by atoms with Crippen LogP contribution >= 0.6 is 22.6 Å². The van der Waals surface area contributed by atoms with Gasteiger partial charge in [0.05, 0.1) is 15.8 Å². The molecule has 1 heterocycles. The highest BCUT2D eigenvalue weighted by molar-refractivity contribution is 14.1. The van der Waals surface area contributed by atoms with Crippen molar-refractivity contribution in [3.63, 3.8) is 0 Å². The van der Waals surface area contributed by atoms with E-state index in [1.54, 1.807) is 0 Å². The van der Waals surface area contributed by atoms with Crippen LogP contribution in [-0.4, -0.2) is 22.4 Å². The van der Waals surface area contributed by atoms with Gasteiger partial charge >= 0.3 is 0 Å². The molecular formula is C11H20IN3. The lowest BCUT2D eigenvalue weighted by molar-refractivity contribution is 0.329. The summed E-state index contributed by atoms with van der Waals surface area (Å²) in [5, 5.41) is 7.80. The summed E-state index contributed by atoms with van der Waals surface area (Å²) in [7, 11) is 0. The van der Waals surface area contributed by atoms with Crippen LogP contribution in [0.15, 0.2) is 12.4 Å². The fourth-order valence-corrected chi connectivity index (χ4v) is 1.80. The third-order valence-corrected chi connectivity index (χ3v) is 3.22. The van der Waals surface area contributed by atoms with Gasteiger partial charge in [-0.1, -0.05) is 20.8 Å². The first kappa shape index (κ1) is 13.0. The van der Waals surface area contributed by atoms with Crippen LogP contribution in [0.1, 0.15) is 33.7 Å². The van der Waals surface area contributed by atoms with E-state index in [1.165, 1.54) is 3.57 Å². The minimum atomic E-state index is 0.444. The van der Waals surface area contributed by atoms with Crippen molar-refractivity contribution in [3.05, 3.63) is 16.0 Å². The van der Waals surface area contributed by atoms with Crippen molar-refractivity contribution >= 4 is 22.6 Å². The van der Waals surface area contributed by atoms with E-state index >= 15 is 0 Å². The SMILES string of the molecule is CC(C)NCC(C)C(C)n1cc(I)cn1. The van der Waals surface area contributed by atoms with Gasteiger partial charge in [0.15, 0.2) is 0 Å². The third kappa shape index (κ3) is 4.10. The normalized spacial score (nSPS) is 15.6. The van der Waals surface area contributed by atoms with E-state index in [0.717, 1.165) is 6.54 Å². The molecule has 1 rings (SSSR count). The molecule has 0 aliphatic rings. The molecule has 0 spiro atoms. The summed E-state index contributed by atoms with van der Waals surface area (Å²) in [6.45, 7) is 9.86. The summed E-state index contributed by atoms with van der Waals surface area (Å²) < 4.78 is 3.25. The molecule has 1 aromatic heterocycles. The van der Waals surface area contributed by atoms with Gasteiger partial charge in [-0.2, -0.15) is 5.10 Å². The fourth-order valence-electron chi connectivity index (χ4n) is 1.39. The Kier molecular flexibility index (Phi) is 5.05. The molecule has 0 saturated heterocycles. The number of hydrogen-bond donors (Lipinski definition) is 1. The highest BCUT2D eigenvalue weighted by Crippen LogP contribution is 2.17. The first-order valence-electron chi connectivity index (χ1n) is 5.43. The second-order valence-electron chi connectivity index (χ2n) is 4.42. The van der Waals surface area contributed by atoms with E-state index in [1.807, 2.05) is 6.20 Å². The van der Waals surface area contributed by atoms with Crippen LogP contribution in [0.4, 0.5) is 0 Å². The van der Waals surface area contributed by atoms with E-state index < -0.39 is 0 Å². The minimum Gasteiger partial charge on any atom is -0.314 e. The van der Waals surface area contributed by atoms with Gasteiger partial charge in [0, 0.05) is 12.2 Å². The van der Waals surface area contributed by atoms with Crippen LogP contribution < -0.4 is 5.32 Å². The molecule has 0 bridgehead atoms. The molecule has 4 heteroatoms. The largest absolute Gasteiger partial charge is 0.314 e. The average Bonchev–Trinajstić information content (AvgIpc) is 2.60. The fraction of sp³-hybridized carbons (Fsp3) is 0.727. The van der Waals surface area contributed by atoms with Crippen molar-refractivity contribution in [2.45, 2.75) is 39.8 Å². The molecule has 2 unspecified atom stereocenters. The van der Waals surface area contributed by atoms with E-state index in [0.29, 0.717) is 18.0 Å². The first-order chi connectivity index (χ1) is 7.00. The lowest BCUT2D eigenvalue weighted by Gasteiger charge is -2.22. The highest BCUT2D eigenvalue weighted by atomic mass is 127. The molecule has 3 nitrogen and oxygen atoms in total. The number of hydrogen-bond acceptors (Lipinski definition) is 2. The van der Waals surface area contributed by atoms with Gasteiger partial charge in [-0.3, -0.25) is 4.68 Å². The summed E-state index contributed by atoms with van der Waals surface area (Å²) in [6, 6.07) is 0.997. The van der Waals surface area contributed by atoms with Gasteiger partial charge in [0.1, 0.15) is 0 Å². The standard InChI is InChI=1S/C11H20IN3/c1-8(2)13-5-9(3)10(4)15-7-11(12)6-14-15/h6-10,13H,5H2,1-4H3. The molecule has 15 heavy (non-hydrogen) atoms. The van der Waals surface area contributed by atoms with E-state index in [9.17, 15) is 0 Å². The van der Waals surface area contributed by atoms with Crippen molar-refractivity contribution in [1.82, 2.24) is 15.1 Å². The molecule has 2 atom stereocenters. The van der Waals surface area contributed by atoms with Gasteiger partial charge in [-0.05, 0) is 42.0 Å². The Labute approximate surface area is 106 Å². The van der Waals surface area contributed by atoms with Crippen LogP contribution in [0.25, 0.3) is 0 Å². The Morgan fingerprint density at radius 3 is 2.53 bits per heavy atom. The predicted molar refractivity (Wildman–Crippen MR) is 72.0 cm³/mol. The highest BCUT2D eigenvalue weighted by Gasteiger charge is 2.14. The number of aromatic nitrogens is 2. The lowest BCUT2D eigenvalue weighted by Crippen LogP contribution is -2.31. The van der Waals surface area contributed by atoms with E-state index in [2.05, 4.69) is 71.6 Å². The van der Waals surface area contributed by atoms with E-state index in [-0.39, 0.29) is 0 Å². The van der Waals surface area contributed by atoms with Crippen molar-refractivity contribution in [2.75, 3.05) is 6.54 Å². The maximum atomic E-state index is 4.35. The third-order valence-electron chi connectivity index (χ3n) is 2.66. The summed E-state index contributed by atoms with van der Waals surface area (Å²) in [4.78, 5) is 0. The van der Waals surface area contributed by atoms with E-state index in [4.69, 9.17) is 0 Å². The Balaban J connectivity index is 2.49. The Bertz CT molecular complexity index is 296. The van der Waals surface area contributed by atoms with Crippen molar-refractivity contribution in [3.8, 4) is 0 Å². The molecule has 0 fully saturated rings. The maximum Gasteiger partial charge on any atom is 0.0623 e. The molecular weight excluding hydrogens is 301 g/mol. The van der Waals surface area contributed by atoms with Crippen molar-refractivity contribution in [2.24, 2.45) is 5.92 Å². The average molecular weight is 321 g/mol. The van der Waals surface area contributed by atoms with Gasteiger partial charge < -0.3 is 5.32 Å². The van der Waals surface area contributed by atoms with Gasteiger partial charge in [0.25, 0.3) is 0 Å². The Hall–Kier alpha value is -0.100. The molecule has 0 aliphatic heterocycles. The molecule has 0 radical (unpaired) electrons. The zero-order valence-electron chi connectivity index (χ0n) is 9.87. The lowest BCUT2D eigenvalue weighted by atomic mass is 10.0. The summed E-state index contributed by atoms with van der Waals surface area (Å²) in [5.74, 6) is 0.586. The predicted octanol–water partition coefficient (Wildman–Crippen LogP) is 2.68. The zero-order chi connectivity index (χ0) is 11.4. The molecule has 0 saturated carbocycles. The zero-order valence-corrected chi connectivity index (χ0v) is 12.0. The van der Waals surface area contributed by atoms with Crippen LogP contribution in [0.5, 0.6) is 0 Å². The first-order valence-corrected chi connectivity index (χ1v) is 6.51. The summed E-state index contributed by atoms with van der Waals surface area (Å²) >= 11 is 2.29. The maximum absolute atomic E-state index is 4.35. The van der Waals surface area contributed by atoms with Gasteiger partial charge in [-0.15, -0.1) is 0 Å². The van der Waals surface area contributed by atoms with Crippen LogP contribution in [-0.2, 0) is 0 Å². The number of rotatable bonds is 5. The van der Waals surface area contributed by atoms with Gasteiger partial charge in [0.2, 0.25) is 0 Å². The Morgan fingerprint density at radius 2 is 2.07 bits per heavy atom. The molecule has 1 aromatic rings. The number of halogens is 1. The number of nitrogens with one attached hydrogen (secondary N) is 1. The molecule has 86 valence electrons. The molecule has 0 amide bonds. The molecule has 0 aromatic carbocycles. The second-order valence-corrected chi connectivity index (χ2v) is 5.67. The summed E-state index contributed by atoms with van der Waals surface area (Å²) in [5.41, 5.74) is 0. The van der Waals surface area contributed by atoms with Crippen LogP contribution in [0.2, 0.25) is 0 Å². The van der Waals surface area contributed by atoms with Crippen molar-refractivity contribution < 1.29 is 0 Å². The van der Waals surface area contributed by atoms with Crippen LogP contribution in [0.3, 0.4) is 0 Å². The molecule has 1 N–H and O–H groups in total. The second kappa shape index (κ2) is 5.84. The monoisotopic (exact) mass is 321 g/mol. The minimum absolute atomic E-state index is 0.444. The quantitative estimate of drug-likeness (QED) is 0.845. The topological polar surface area (TPSA) is 29.9 Å². The molecule has 0 aliphatic carbocycles. The van der Waals surface area contributed by atoms with Crippen molar-refractivity contribution in [1.29, 1.82) is 0 Å². The Morgan fingerprint density at radius 1 is 1.40 bits per heavy atom. The smallest absolute Gasteiger partial charge is 0.0623 e. The van der Waals surface area contributed by atoms with Gasteiger partial charge in [-0.25, -0.2) is 0 Å².